The lowest BCUT2D eigenvalue weighted by Crippen LogP contribution is -2.01. The molecule has 0 fully saturated rings. The lowest BCUT2D eigenvalue weighted by atomic mass is 10.2. The summed E-state index contributed by atoms with van der Waals surface area (Å²) in [5.74, 6) is 0. The van der Waals surface area contributed by atoms with Gasteiger partial charge in [-0.1, -0.05) is 18.2 Å². The minimum Gasteiger partial charge on any atom is -0.334 e. The van der Waals surface area contributed by atoms with Gasteiger partial charge in [0.05, 0.1) is 17.2 Å². The molecule has 0 aliphatic carbocycles. The van der Waals surface area contributed by atoms with Crippen molar-refractivity contribution < 1.29 is 4.79 Å². The largest absolute Gasteiger partial charge is 0.334 e. The predicted octanol–water partition coefficient (Wildman–Crippen LogP) is 4.89. The third kappa shape index (κ3) is 2.65. The highest BCUT2D eigenvalue weighted by Gasteiger charge is 2.18. The van der Waals surface area contributed by atoms with Gasteiger partial charge >= 0.3 is 0 Å². The molecule has 1 aromatic carbocycles. The molecule has 0 amide bonds. The van der Waals surface area contributed by atoms with E-state index < -0.39 is 0 Å². The number of aryl methyl sites for hydroxylation is 2. The first kappa shape index (κ1) is 16.9. The van der Waals surface area contributed by atoms with Gasteiger partial charge in [0.2, 0.25) is 0 Å². The lowest BCUT2D eigenvalue weighted by molar-refractivity contribution is 0.112. The highest BCUT2D eigenvalue weighted by atomic mass is 32.1. The molecule has 0 aliphatic heterocycles. The number of nitrogens with zero attached hydrogens (tertiary/aromatic N) is 4. The van der Waals surface area contributed by atoms with Crippen molar-refractivity contribution in [3.05, 3.63) is 76.0 Å². The minimum absolute atomic E-state index is 0.629. The number of hydrogen-bond acceptors (Lipinski definition) is 4. The summed E-state index contributed by atoms with van der Waals surface area (Å²) >= 11 is 1.72. The Morgan fingerprint density at radius 2 is 2.00 bits per heavy atom. The number of hydrogen-bond donors (Lipinski definition) is 0. The maximum atomic E-state index is 11.1. The molecule has 5 rings (SSSR count). The van der Waals surface area contributed by atoms with Crippen molar-refractivity contribution in [2.24, 2.45) is 0 Å². The molecule has 5 aromatic rings. The van der Waals surface area contributed by atoms with Crippen molar-refractivity contribution in [3.63, 3.8) is 0 Å². The second kappa shape index (κ2) is 6.42. The number of pyridine rings is 1. The van der Waals surface area contributed by atoms with Gasteiger partial charge in [0.1, 0.15) is 17.6 Å². The van der Waals surface area contributed by atoms with Crippen LogP contribution in [0.25, 0.3) is 27.9 Å². The highest BCUT2D eigenvalue weighted by molar-refractivity contribution is 7.11. The average Bonchev–Trinajstić information content (AvgIpc) is 3.38. The number of para-hydroxylation sites is 1. The molecule has 0 saturated carbocycles. The number of aromatic nitrogens is 4. The first-order chi connectivity index (χ1) is 13.6. The van der Waals surface area contributed by atoms with Crippen LogP contribution in [0.2, 0.25) is 0 Å². The molecule has 0 unspecified atom stereocenters. The fourth-order valence-electron chi connectivity index (χ4n) is 3.71. The maximum absolute atomic E-state index is 11.1. The summed E-state index contributed by atoms with van der Waals surface area (Å²) in [5.41, 5.74) is 5.64. The van der Waals surface area contributed by atoms with E-state index in [0.29, 0.717) is 5.56 Å². The SMILES string of the molecule is Cc1ncc(Cn2c(-c3nc4cc(C=O)ccn4c3C)cc3ccccc32)s1. The number of rotatable bonds is 4. The molecule has 0 N–H and O–H groups in total. The van der Waals surface area contributed by atoms with Crippen LogP contribution in [0.15, 0.2) is 54.9 Å². The molecule has 0 aliphatic rings. The first-order valence-electron chi connectivity index (χ1n) is 9.08. The number of fused-ring (bicyclic) bond motifs is 2. The van der Waals surface area contributed by atoms with Gasteiger partial charge in [-0.05, 0) is 38.1 Å². The smallest absolute Gasteiger partial charge is 0.150 e. The summed E-state index contributed by atoms with van der Waals surface area (Å²) in [4.78, 5) is 21.6. The van der Waals surface area contributed by atoms with Crippen LogP contribution in [0, 0.1) is 13.8 Å². The van der Waals surface area contributed by atoms with Crippen LogP contribution in [-0.4, -0.2) is 25.2 Å². The van der Waals surface area contributed by atoms with Crippen LogP contribution >= 0.6 is 11.3 Å². The van der Waals surface area contributed by atoms with Crippen LogP contribution in [0.1, 0.15) is 25.9 Å². The number of imidazole rings is 1. The van der Waals surface area contributed by atoms with E-state index in [-0.39, 0.29) is 0 Å². The van der Waals surface area contributed by atoms with Crippen LogP contribution in [0.3, 0.4) is 0 Å². The summed E-state index contributed by atoms with van der Waals surface area (Å²) in [6.45, 7) is 4.84. The number of aldehydes is 1. The van der Waals surface area contributed by atoms with E-state index in [0.717, 1.165) is 40.6 Å². The average molecular weight is 386 g/mol. The Hall–Kier alpha value is -3.25. The molecule has 0 spiro atoms. The molecule has 6 heteroatoms. The van der Waals surface area contributed by atoms with Gasteiger partial charge < -0.3 is 8.97 Å². The van der Waals surface area contributed by atoms with Gasteiger partial charge in [-0.3, -0.25) is 4.79 Å². The van der Waals surface area contributed by atoms with Crippen molar-refractivity contribution in [1.29, 1.82) is 0 Å². The third-order valence-corrected chi connectivity index (χ3v) is 5.96. The van der Waals surface area contributed by atoms with Crippen molar-refractivity contribution in [3.8, 4) is 11.4 Å². The van der Waals surface area contributed by atoms with E-state index in [1.807, 2.05) is 35.9 Å². The van der Waals surface area contributed by atoms with Crippen molar-refractivity contribution in [1.82, 2.24) is 18.9 Å². The molecule has 4 heterocycles. The van der Waals surface area contributed by atoms with Crippen LogP contribution in [0.5, 0.6) is 0 Å². The number of carbonyl (C=O) groups is 1. The Kier molecular flexibility index (Phi) is 3.87. The van der Waals surface area contributed by atoms with Crippen molar-refractivity contribution in [2.75, 3.05) is 0 Å². The standard InChI is InChI=1S/C22H18N4OS/c1-14-22(24-21-9-16(13-27)7-8-25(14)21)20-10-17-5-3-4-6-19(17)26(20)12-18-11-23-15(2)28-18/h3-11,13H,12H2,1-2H3. The zero-order valence-electron chi connectivity index (χ0n) is 15.6. The van der Waals surface area contributed by atoms with E-state index in [9.17, 15) is 4.79 Å². The molecular formula is C22H18N4OS. The predicted molar refractivity (Wildman–Crippen MR) is 112 cm³/mol. The second-order valence-corrected chi connectivity index (χ2v) is 8.19. The summed E-state index contributed by atoms with van der Waals surface area (Å²) in [5, 5.41) is 2.25. The van der Waals surface area contributed by atoms with E-state index >= 15 is 0 Å². The monoisotopic (exact) mass is 386 g/mol. The normalized spacial score (nSPS) is 11.5. The lowest BCUT2D eigenvalue weighted by Gasteiger charge is -2.09. The van der Waals surface area contributed by atoms with Crippen LogP contribution in [-0.2, 0) is 6.54 Å². The molecule has 5 nitrogen and oxygen atoms in total. The van der Waals surface area contributed by atoms with Gasteiger partial charge in [-0.2, -0.15) is 0 Å². The summed E-state index contributed by atoms with van der Waals surface area (Å²) < 4.78 is 4.33. The number of thiazole rings is 1. The van der Waals surface area contributed by atoms with Gasteiger partial charge in [-0.15, -0.1) is 11.3 Å². The topological polar surface area (TPSA) is 52.2 Å². The zero-order chi connectivity index (χ0) is 19.3. The first-order valence-corrected chi connectivity index (χ1v) is 9.89. The van der Waals surface area contributed by atoms with Gasteiger partial charge in [0.25, 0.3) is 0 Å². The molecule has 138 valence electrons. The summed E-state index contributed by atoms with van der Waals surface area (Å²) in [6.07, 6.45) is 4.71. The number of benzene rings is 1. The molecule has 0 atom stereocenters. The quantitative estimate of drug-likeness (QED) is 0.413. The summed E-state index contributed by atoms with van der Waals surface area (Å²) in [7, 11) is 0. The van der Waals surface area contributed by atoms with Crippen LogP contribution < -0.4 is 0 Å². The second-order valence-electron chi connectivity index (χ2n) is 6.87. The fraction of sp³-hybridized carbons (Fsp3) is 0.136. The Labute approximate surface area is 165 Å². The van der Waals surface area contributed by atoms with Crippen LogP contribution in [0.4, 0.5) is 0 Å². The molecule has 28 heavy (non-hydrogen) atoms. The Bertz CT molecular complexity index is 1340. The highest BCUT2D eigenvalue weighted by Crippen LogP contribution is 2.32. The van der Waals surface area contributed by atoms with Crippen molar-refractivity contribution in [2.45, 2.75) is 20.4 Å². The van der Waals surface area contributed by atoms with Gasteiger partial charge in [0, 0.05) is 39.4 Å². The number of carbonyl (C=O) groups excluding carboxylic acids is 1. The Morgan fingerprint density at radius 3 is 2.79 bits per heavy atom. The molecule has 0 saturated heterocycles. The maximum Gasteiger partial charge on any atom is 0.150 e. The molecule has 0 bridgehead atoms. The summed E-state index contributed by atoms with van der Waals surface area (Å²) in [6, 6.07) is 14.2. The van der Waals surface area contributed by atoms with Gasteiger partial charge in [0.15, 0.2) is 0 Å². The Morgan fingerprint density at radius 1 is 1.14 bits per heavy atom. The van der Waals surface area contributed by atoms with E-state index in [1.165, 1.54) is 15.8 Å². The zero-order valence-corrected chi connectivity index (χ0v) is 16.4. The molecular weight excluding hydrogens is 368 g/mol. The van der Waals surface area contributed by atoms with Crippen molar-refractivity contribution >= 4 is 34.2 Å². The minimum atomic E-state index is 0.629. The third-order valence-electron chi connectivity index (χ3n) is 5.06. The Balaban J connectivity index is 1.74. The fourth-order valence-corrected chi connectivity index (χ4v) is 4.49. The van der Waals surface area contributed by atoms with E-state index in [4.69, 9.17) is 4.98 Å². The van der Waals surface area contributed by atoms with E-state index in [1.54, 1.807) is 11.3 Å². The molecule has 4 aromatic heterocycles. The molecule has 0 radical (unpaired) electrons. The van der Waals surface area contributed by atoms with E-state index in [2.05, 4.69) is 46.8 Å². The van der Waals surface area contributed by atoms with Gasteiger partial charge in [-0.25, -0.2) is 9.97 Å².